The van der Waals surface area contributed by atoms with Crippen LogP contribution >= 0.6 is 11.6 Å². The van der Waals surface area contributed by atoms with Gasteiger partial charge in [0.2, 0.25) is 0 Å². The minimum Gasteiger partial charge on any atom is -0.368 e. The van der Waals surface area contributed by atoms with Crippen molar-refractivity contribution in [2.75, 3.05) is 17.2 Å². The molecule has 0 unspecified atom stereocenters. The van der Waals surface area contributed by atoms with Gasteiger partial charge in [-0.25, -0.2) is 4.98 Å². The van der Waals surface area contributed by atoms with Gasteiger partial charge in [0.25, 0.3) is 11.8 Å². The lowest BCUT2D eigenvalue weighted by Crippen LogP contribution is -2.28. The summed E-state index contributed by atoms with van der Waals surface area (Å²) in [7, 11) is 0. The van der Waals surface area contributed by atoms with Gasteiger partial charge in [0.05, 0.1) is 16.3 Å². The summed E-state index contributed by atoms with van der Waals surface area (Å²) in [4.78, 5) is 28.7. The van der Waals surface area contributed by atoms with Gasteiger partial charge in [-0.1, -0.05) is 23.7 Å². The molecule has 1 aliphatic heterocycles. The number of carbonyl (C=O) groups excluding carboxylic acids is 2. The number of ether oxygens (including phenoxy) is 1. The third kappa shape index (κ3) is 3.90. The molecule has 0 saturated carbocycles. The number of aromatic nitrogens is 1. The lowest BCUT2D eigenvalue weighted by molar-refractivity contribution is -0.124. The van der Waals surface area contributed by atoms with E-state index in [2.05, 4.69) is 15.6 Å². The van der Waals surface area contributed by atoms with Gasteiger partial charge in [-0.3, -0.25) is 9.59 Å². The molecule has 1 aromatic carbocycles. The van der Waals surface area contributed by atoms with Crippen LogP contribution in [0.1, 0.15) is 23.2 Å². The van der Waals surface area contributed by atoms with E-state index in [0.717, 1.165) is 6.42 Å². The molecule has 2 amide bonds. The van der Waals surface area contributed by atoms with E-state index >= 15 is 0 Å². The van der Waals surface area contributed by atoms with E-state index in [9.17, 15) is 9.59 Å². The second kappa shape index (κ2) is 7.42. The SMILES string of the molecule is O=C(Nc1ccc(Cl)cn1)c1ccccc1NC(=O)[C@H]1CCCO1. The van der Waals surface area contributed by atoms with Crippen LogP contribution in [0, 0.1) is 0 Å². The van der Waals surface area contributed by atoms with Gasteiger partial charge in [0, 0.05) is 12.8 Å². The lowest BCUT2D eigenvalue weighted by atomic mass is 10.1. The first-order valence-electron chi connectivity index (χ1n) is 7.58. The van der Waals surface area contributed by atoms with Gasteiger partial charge >= 0.3 is 0 Å². The summed E-state index contributed by atoms with van der Waals surface area (Å²) >= 11 is 5.78. The molecule has 124 valence electrons. The van der Waals surface area contributed by atoms with Crippen LogP contribution in [-0.4, -0.2) is 29.5 Å². The molecule has 1 saturated heterocycles. The fourth-order valence-electron chi connectivity index (χ4n) is 2.42. The summed E-state index contributed by atoms with van der Waals surface area (Å²) in [5.74, 6) is -0.227. The Morgan fingerprint density at radius 3 is 2.71 bits per heavy atom. The average molecular weight is 346 g/mol. The van der Waals surface area contributed by atoms with Crippen LogP contribution in [0.4, 0.5) is 11.5 Å². The first-order valence-corrected chi connectivity index (χ1v) is 7.96. The number of rotatable bonds is 4. The van der Waals surface area contributed by atoms with Crippen molar-refractivity contribution in [3.63, 3.8) is 0 Å². The van der Waals surface area contributed by atoms with E-state index < -0.39 is 6.10 Å². The standard InChI is InChI=1S/C17H16ClN3O3/c18-11-7-8-15(19-10-11)21-16(22)12-4-1-2-5-13(12)20-17(23)14-6-3-9-24-14/h1-2,4-5,7-8,10,14H,3,6,9H2,(H,20,23)(H,19,21,22)/t14-/m1/s1. The first kappa shape index (κ1) is 16.4. The van der Waals surface area contributed by atoms with Gasteiger partial charge in [0.15, 0.2) is 0 Å². The predicted molar refractivity (Wildman–Crippen MR) is 91.2 cm³/mol. The molecular weight excluding hydrogens is 330 g/mol. The Kier molecular flexibility index (Phi) is 5.08. The Bertz CT molecular complexity index is 743. The van der Waals surface area contributed by atoms with Gasteiger partial charge in [0.1, 0.15) is 11.9 Å². The van der Waals surface area contributed by atoms with Crippen molar-refractivity contribution < 1.29 is 14.3 Å². The van der Waals surface area contributed by atoms with Crippen LogP contribution in [0.3, 0.4) is 0 Å². The van der Waals surface area contributed by atoms with Crippen LogP contribution < -0.4 is 10.6 Å². The van der Waals surface area contributed by atoms with Crippen LogP contribution in [0.5, 0.6) is 0 Å². The highest BCUT2D eigenvalue weighted by Crippen LogP contribution is 2.20. The van der Waals surface area contributed by atoms with Crippen molar-refractivity contribution in [3.8, 4) is 0 Å². The van der Waals surface area contributed by atoms with Crippen molar-refractivity contribution >= 4 is 34.9 Å². The highest BCUT2D eigenvalue weighted by atomic mass is 35.5. The summed E-state index contributed by atoms with van der Waals surface area (Å²) in [6.07, 6.45) is 2.54. The number of hydrogen-bond acceptors (Lipinski definition) is 4. The van der Waals surface area contributed by atoms with Crippen molar-refractivity contribution in [2.24, 2.45) is 0 Å². The lowest BCUT2D eigenvalue weighted by Gasteiger charge is -2.13. The molecule has 7 heteroatoms. The smallest absolute Gasteiger partial charge is 0.258 e. The van der Waals surface area contributed by atoms with Crippen LogP contribution in [-0.2, 0) is 9.53 Å². The summed E-state index contributed by atoms with van der Waals surface area (Å²) in [6, 6.07) is 10.0. The fraction of sp³-hybridized carbons (Fsp3) is 0.235. The molecule has 0 spiro atoms. The molecule has 1 aliphatic rings. The number of carbonyl (C=O) groups is 2. The molecule has 2 aromatic rings. The zero-order chi connectivity index (χ0) is 16.9. The number of nitrogens with one attached hydrogen (secondary N) is 2. The van der Waals surface area contributed by atoms with E-state index in [-0.39, 0.29) is 11.8 Å². The molecule has 24 heavy (non-hydrogen) atoms. The molecule has 0 aliphatic carbocycles. The van der Waals surface area contributed by atoms with Crippen molar-refractivity contribution in [1.82, 2.24) is 4.98 Å². The Morgan fingerprint density at radius 2 is 2.00 bits per heavy atom. The fourth-order valence-corrected chi connectivity index (χ4v) is 2.53. The third-order valence-electron chi connectivity index (χ3n) is 3.62. The Balaban J connectivity index is 1.74. The number of pyridine rings is 1. The van der Waals surface area contributed by atoms with Crippen molar-refractivity contribution in [1.29, 1.82) is 0 Å². The van der Waals surface area contributed by atoms with Gasteiger partial charge in [-0.2, -0.15) is 0 Å². The Hall–Kier alpha value is -2.44. The minimum absolute atomic E-state index is 0.239. The quantitative estimate of drug-likeness (QED) is 0.892. The molecule has 1 atom stereocenters. The molecule has 2 heterocycles. The second-order valence-corrected chi connectivity index (χ2v) is 5.79. The van der Waals surface area contributed by atoms with E-state index in [1.54, 1.807) is 36.4 Å². The van der Waals surface area contributed by atoms with Crippen molar-refractivity contribution in [3.05, 3.63) is 53.2 Å². The number of anilines is 2. The topological polar surface area (TPSA) is 80.3 Å². The number of para-hydroxylation sites is 1. The number of hydrogen-bond donors (Lipinski definition) is 2. The van der Waals surface area contributed by atoms with Crippen LogP contribution in [0.2, 0.25) is 5.02 Å². The van der Waals surface area contributed by atoms with E-state index in [1.807, 2.05) is 0 Å². The summed E-state index contributed by atoms with van der Waals surface area (Å²) < 4.78 is 5.36. The second-order valence-electron chi connectivity index (χ2n) is 5.35. The molecule has 0 radical (unpaired) electrons. The number of benzene rings is 1. The first-order chi connectivity index (χ1) is 11.6. The number of halogens is 1. The van der Waals surface area contributed by atoms with E-state index in [0.29, 0.717) is 35.1 Å². The maximum Gasteiger partial charge on any atom is 0.258 e. The largest absolute Gasteiger partial charge is 0.368 e. The van der Waals surface area contributed by atoms with E-state index in [4.69, 9.17) is 16.3 Å². The maximum absolute atomic E-state index is 12.5. The molecular formula is C17H16ClN3O3. The van der Waals surface area contributed by atoms with Gasteiger partial charge < -0.3 is 15.4 Å². The van der Waals surface area contributed by atoms with Gasteiger partial charge in [-0.05, 0) is 37.1 Å². The number of amides is 2. The molecule has 3 rings (SSSR count). The molecule has 6 nitrogen and oxygen atoms in total. The number of nitrogens with zero attached hydrogens (tertiary/aromatic N) is 1. The summed E-state index contributed by atoms with van der Waals surface area (Å²) in [5.41, 5.74) is 0.782. The highest BCUT2D eigenvalue weighted by Gasteiger charge is 2.24. The average Bonchev–Trinajstić information content (AvgIpc) is 3.12. The normalized spacial score (nSPS) is 16.6. The zero-order valence-corrected chi connectivity index (χ0v) is 13.5. The molecule has 0 bridgehead atoms. The van der Waals surface area contributed by atoms with Crippen LogP contribution in [0.25, 0.3) is 0 Å². The Morgan fingerprint density at radius 1 is 1.17 bits per heavy atom. The molecule has 1 fully saturated rings. The van der Waals surface area contributed by atoms with Crippen LogP contribution in [0.15, 0.2) is 42.6 Å². The monoisotopic (exact) mass is 345 g/mol. The summed E-state index contributed by atoms with van der Waals surface area (Å²) in [6.45, 7) is 0.586. The predicted octanol–water partition coefficient (Wildman–Crippen LogP) is 3.10. The molecule has 1 aromatic heterocycles. The van der Waals surface area contributed by atoms with Crippen molar-refractivity contribution in [2.45, 2.75) is 18.9 Å². The maximum atomic E-state index is 12.5. The minimum atomic E-state index is -0.459. The zero-order valence-electron chi connectivity index (χ0n) is 12.8. The van der Waals surface area contributed by atoms with E-state index in [1.165, 1.54) is 6.20 Å². The third-order valence-corrected chi connectivity index (χ3v) is 3.84. The molecule has 2 N–H and O–H groups in total. The summed E-state index contributed by atoms with van der Waals surface area (Å²) in [5, 5.41) is 5.92. The highest BCUT2D eigenvalue weighted by molar-refractivity contribution is 6.30. The Labute approximate surface area is 144 Å². The van der Waals surface area contributed by atoms with Gasteiger partial charge in [-0.15, -0.1) is 0 Å².